The minimum atomic E-state index is -0.116. The highest BCUT2D eigenvalue weighted by molar-refractivity contribution is 4.84. The van der Waals surface area contributed by atoms with Crippen LogP contribution in [0.15, 0.2) is 0 Å². The standard InChI is InChI=1S/C13H25NO/c1-10(12-6-7-12)14-9-13(15)8-11-4-2-3-5-11/h10-15H,2-9H2,1H3. The largest absolute Gasteiger partial charge is 0.392 e. The fourth-order valence-corrected chi connectivity index (χ4v) is 2.80. The van der Waals surface area contributed by atoms with Crippen molar-refractivity contribution in [3.8, 4) is 0 Å². The average molecular weight is 211 g/mol. The molecule has 2 saturated carbocycles. The highest BCUT2D eigenvalue weighted by Gasteiger charge is 2.28. The van der Waals surface area contributed by atoms with Gasteiger partial charge in [0.2, 0.25) is 0 Å². The van der Waals surface area contributed by atoms with Crippen molar-refractivity contribution < 1.29 is 5.11 Å². The second kappa shape index (κ2) is 5.31. The van der Waals surface area contributed by atoms with Gasteiger partial charge in [0.15, 0.2) is 0 Å². The molecule has 0 radical (unpaired) electrons. The van der Waals surface area contributed by atoms with E-state index in [1.807, 2.05) is 0 Å². The molecule has 0 aromatic rings. The van der Waals surface area contributed by atoms with Crippen LogP contribution >= 0.6 is 0 Å². The van der Waals surface area contributed by atoms with Crippen molar-refractivity contribution in [2.45, 2.75) is 64.0 Å². The summed E-state index contributed by atoms with van der Waals surface area (Å²) in [6.07, 6.45) is 9.11. The molecule has 0 heterocycles. The molecule has 0 saturated heterocycles. The molecule has 2 unspecified atom stereocenters. The molecule has 2 rings (SSSR count). The maximum absolute atomic E-state index is 9.90. The van der Waals surface area contributed by atoms with Gasteiger partial charge in [0.1, 0.15) is 0 Å². The van der Waals surface area contributed by atoms with Gasteiger partial charge in [-0.25, -0.2) is 0 Å². The third kappa shape index (κ3) is 3.76. The lowest BCUT2D eigenvalue weighted by Crippen LogP contribution is -2.35. The molecular weight excluding hydrogens is 186 g/mol. The summed E-state index contributed by atoms with van der Waals surface area (Å²) >= 11 is 0. The van der Waals surface area contributed by atoms with Gasteiger partial charge >= 0.3 is 0 Å². The molecule has 15 heavy (non-hydrogen) atoms. The first kappa shape index (κ1) is 11.4. The van der Waals surface area contributed by atoms with Gasteiger partial charge in [-0.3, -0.25) is 0 Å². The molecule has 2 aliphatic carbocycles. The lowest BCUT2D eigenvalue weighted by molar-refractivity contribution is 0.136. The summed E-state index contributed by atoms with van der Waals surface area (Å²) in [7, 11) is 0. The lowest BCUT2D eigenvalue weighted by Gasteiger charge is -2.19. The van der Waals surface area contributed by atoms with E-state index >= 15 is 0 Å². The molecule has 2 heteroatoms. The highest BCUT2D eigenvalue weighted by Crippen LogP contribution is 2.32. The highest BCUT2D eigenvalue weighted by atomic mass is 16.3. The Labute approximate surface area is 93.5 Å². The summed E-state index contributed by atoms with van der Waals surface area (Å²) in [6, 6.07) is 0.614. The number of nitrogens with one attached hydrogen (secondary N) is 1. The lowest BCUT2D eigenvalue weighted by atomic mass is 10.00. The number of rotatable bonds is 6. The number of hydrogen-bond donors (Lipinski definition) is 2. The zero-order valence-electron chi connectivity index (χ0n) is 9.91. The first-order valence-electron chi connectivity index (χ1n) is 6.67. The van der Waals surface area contributed by atoms with Crippen LogP contribution in [0.2, 0.25) is 0 Å². The molecule has 0 bridgehead atoms. The van der Waals surface area contributed by atoms with Gasteiger partial charge in [-0.1, -0.05) is 25.7 Å². The van der Waals surface area contributed by atoms with E-state index in [1.165, 1.54) is 38.5 Å². The summed E-state index contributed by atoms with van der Waals surface area (Å²) in [5, 5.41) is 13.4. The summed E-state index contributed by atoms with van der Waals surface area (Å²) in [5.41, 5.74) is 0. The minimum absolute atomic E-state index is 0.116. The normalized spacial score (nSPS) is 26.8. The maximum atomic E-state index is 9.90. The van der Waals surface area contributed by atoms with Crippen LogP contribution in [0.1, 0.15) is 51.9 Å². The molecule has 88 valence electrons. The Morgan fingerprint density at radius 1 is 1.20 bits per heavy atom. The van der Waals surface area contributed by atoms with Crippen LogP contribution in [0, 0.1) is 11.8 Å². The first-order valence-corrected chi connectivity index (χ1v) is 6.67. The van der Waals surface area contributed by atoms with Crippen LogP contribution in [-0.4, -0.2) is 23.8 Å². The SMILES string of the molecule is CC(NCC(O)CC1CCCC1)C1CC1. The van der Waals surface area contributed by atoms with Crippen LogP contribution in [0.4, 0.5) is 0 Å². The summed E-state index contributed by atoms with van der Waals surface area (Å²) in [4.78, 5) is 0. The summed E-state index contributed by atoms with van der Waals surface area (Å²) < 4.78 is 0. The van der Waals surface area contributed by atoms with E-state index in [0.29, 0.717) is 6.04 Å². The predicted molar refractivity (Wildman–Crippen MR) is 62.8 cm³/mol. The van der Waals surface area contributed by atoms with Gasteiger partial charge in [-0.2, -0.15) is 0 Å². The molecule has 0 spiro atoms. The van der Waals surface area contributed by atoms with Crippen molar-refractivity contribution in [2.24, 2.45) is 11.8 Å². The predicted octanol–water partition coefficient (Wildman–Crippen LogP) is 2.32. The molecule has 0 amide bonds. The van der Waals surface area contributed by atoms with E-state index in [-0.39, 0.29) is 6.10 Å². The van der Waals surface area contributed by atoms with Crippen molar-refractivity contribution in [1.82, 2.24) is 5.32 Å². The Bertz CT molecular complexity index is 185. The molecular formula is C13H25NO. The van der Waals surface area contributed by atoms with E-state index in [2.05, 4.69) is 12.2 Å². The Balaban J connectivity index is 1.56. The van der Waals surface area contributed by atoms with Crippen LogP contribution in [-0.2, 0) is 0 Å². The fraction of sp³-hybridized carbons (Fsp3) is 1.00. The Morgan fingerprint density at radius 2 is 1.87 bits per heavy atom. The maximum Gasteiger partial charge on any atom is 0.0667 e. The van der Waals surface area contributed by atoms with Gasteiger partial charge in [0.05, 0.1) is 6.10 Å². The van der Waals surface area contributed by atoms with Gasteiger partial charge < -0.3 is 10.4 Å². The second-order valence-corrected chi connectivity index (χ2v) is 5.57. The molecule has 2 fully saturated rings. The van der Waals surface area contributed by atoms with Gasteiger partial charge in [-0.15, -0.1) is 0 Å². The smallest absolute Gasteiger partial charge is 0.0667 e. The van der Waals surface area contributed by atoms with E-state index in [1.54, 1.807) is 0 Å². The van der Waals surface area contributed by atoms with E-state index < -0.39 is 0 Å². The van der Waals surface area contributed by atoms with E-state index in [4.69, 9.17) is 0 Å². The van der Waals surface area contributed by atoms with Gasteiger partial charge in [-0.05, 0) is 38.0 Å². The zero-order valence-corrected chi connectivity index (χ0v) is 9.91. The summed E-state index contributed by atoms with van der Waals surface area (Å²) in [6.45, 7) is 3.05. The van der Waals surface area contributed by atoms with E-state index in [9.17, 15) is 5.11 Å². The Morgan fingerprint density at radius 3 is 2.47 bits per heavy atom. The molecule has 0 aromatic carbocycles. The first-order chi connectivity index (χ1) is 7.25. The average Bonchev–Trinajstić information content (AvgIpc) is 2.95. The Kier molecular flexibility index (Phi) is 4.04. The van der Waals surface area contributed by atoms with Crippen molar-refractivity contribution in [2.75, 3.05) is 6.54 Å². The molecule has 2 nitrogen and oxygen atoms in total. The van der Waals surface area contributed by atoms with Gasteiger partial charge in [0, 0.05) is 12.6 Å². The minimum Gasteiger partial charge on any atom is -0.392 e. The van der Waals surface area contributed by atoms with Crippen molar-refractivity contribution in [1.29, 1.82) is 0 Å². The van der Waals surface area contributed by atoms with E-state index in [0.717, 1.165) is 24.8 Å². The monoisotopic (exact) mass is 211 g/mol. The summed E-state index contributed by atoms with van der Waals surface area (Å²) in [5.74, 6) is 1.70. The third-order valence-corrected chi connectivity index (χ3v) is 4.08. The number of aliphatic hydroxyl groups excluding tert-OH is 1. The molecule has 2 N–H and O–H groups in total. The molecule has 0 aromatic heterocycles. The molecule has 2 aliphatic rings. The topological polar surface area (TPSA) is 32.3 Å². The van der Waals surface area contributed by atoms with Crippen molar-refractivity contribution >= 4 is 0 Å². The van der Waals surface area contributed by atoms with Gasteiger partial charge in [0.25, 0.3) is 0 Å². The van der Waals surface area contributed by atoms with Crippen LogP contribution in [0.25, 0.3) is 0 Å². The fourth-order valence-electron chi connectivity index (χ4n) is 2.80. The third-order valence-electron chi connectivity index (χ3n) is 4.08. The Hall–Kier alpha value is -0.0800. The molecule has 2 atom stereocenters. The second-order valence-electron chi connectivity index (χ2n) is 5.57. The van der Waals surface area contributed by atoms with Crippen LogP contribution < -0.4 is 5.32 Å². The van der Waals surface area contributed by atoms with Crippen molar-refractivity contribution in [3.63, 3.8) is 0 Å². The van der Waals surface area contributed by atoms with Crippen molar-refractivity contribution in [3.05, 3.63) is 0 Å². The molecule has 0 aliphatic heterocycles. The number of aliphatic hydroxyl groups is 1. The quantitative estimate of drug-likeness (QED) is 0.706. The zero-order chi connectivity index (χ0) is 10.7. The number of hydrogen-bond acceptors (Lipinski definition) is 2. The van der Waals surface area contributed by atoms with Crippen LogP contribution in [0.3, 0.4) is 0 Å². The van der Waals surface area contributed by atoms with Crippen LogP contribution in [0.5, 0.6) is 0 Å².